The van der Waals surface area contributed by atoms with Gasteiger partial charge in [-0.15, -0.1) is 0 Å². The predicted molar refractivity (Wildman–Crippen MR) is 77.7 cm³/mol. The summed E-state index contributed by atoms with van der Waals surface area (Å²) in [6, 6.07) is 10.4. The van der Waals surface area contributed by atoms with Gasteiger partial charge in [-0.2, -0.15) is 0 Å². The number of nitrogen functional groups attached to an aromatic ring is 1. The second-order valence-electron chi connectivity index (χ2n) is 4.87. The predicted octanol–water partition coefficient (Wildman–Crippen LogP) is 2.04. The summed E-state index contributed by atoms with van der Waals surface area (Å²) >= 11 is 0. The van der Waals surface area contributed by atoms with Gasteiger partial charge < -0.3 is 5.73 Å². The Morgan fingerprint density at radius 1 is 1.16 bits per heavy atom. The van der Waals surface area contributed by atoms with Gasteiger partial charge in [0.25, 0.3) is 0 Å². The van der Waals surface area contributed by atoms with E-state index in [1.54, 1.807) is 12.3 Å². The number of benzene rings is 1. The first-order chi connectivity index (χ1) is 9.13. The third-order valence-corrected chi connectivity index (χ3v) is 3.04. The van der Waals surface area contributed by atoms with Crippen LogP contribution in [0.25, 0.3) is 0 Å². The highest BCUT2D eigenvalue weighted by atomic mass is 15.1. The van der Waals surface area contributed by atoms with E-state index in [1.165, 1.54) is 11.1 Å². The Labute approximate surface area is 114 Å². The van der Waals surface area contributed by atoms with Crippen molar-refractivity contribution in [3.05, 3.63) is 53.5 Å². The Balaban J connectivity index is 1.84. The smallest absolute Gasteiger partial charge is 0.144 e. The summed E-state index contributed by atoms with van der Waals surface area (Å²) in [5, 5.41) is 0. The van der Waals surface area contributed by atoms with Gasteiger partial charge >= 0.3 is 0 Å². The summed E-state index contributed by atoms with van der Waals surface area (Å²) in [6.07, 6.45) is 2.73. The number of hydrogen-bond acceptors (Lipinski definition) is 4. The summed E-state index contributed by atoms with van der Waals surface area (Å²) in [7, 11) is 2.07. The molecule has 0 fully saturated rings. The van der Waals surface area contributed by atoms with Gasteiger partial charge in [-0.05, 0) is 32.0 Å². The summed E-state index contributed by atoms with van der Waals surface area (Å²) in [5.74, 6) is 1.29. The number of hydrogen-bond donors (Lipinski definition) is 1. The lowest BCUT2D eigenvalue weighted by Crippen LogP contribution is -2.22. The van der Waals surface area contributed by atoms with Crippen LogP contribution in [-0.4, -0.2) is 28.5 Å². The number of rotatable bonds is 5. The Hall–Kier alpha value is -1.94. The molecule has 19 heavy (non-hydrogen) atoms. The zero-order valence-electron chi connectivity index (χ0n) is 11.5. The maximum absolute atomic E-state index is 5.64. The molecule has 0 atom stereocenters. The average Bonchev–Trinajstić information content (AvgIpc) is 2.38. The zero-order chi connectivity index (χ0) is 13.7. The number of anilines is 1. The number of likely N-dealkylation sites (N-methyl/N-ethyl adjacent to an activating group) is 1. The summed E-state index contributed by atoms with van der Waals surface area (Å²) in [6.45, 7) is 3.80. The normalized spacial score (nSPS) is 10.9. The summed E-state index contributed by atoms with van der Waals surface area (Å²) < 4.78 is 0. The lowest BCUT2D eigenvalue weighted by Gasteiger charge is -2.15. The average molecular weight is 256 g/mol. The number of aryl methyl sites for hydroxylation is 1. The van der Waals surface area contributed by atoms with Gasteiger partial charge in [0.15, 0.2) is 0 Å². The van der Waals surface area contributed by atoms with Crippen molar-refractivity contribution in [2.24, 2.45) is 0 Å². The molecule has 1 aromatic carbocycles. The second-order valence-corrected chi connectivity index (χ2v) is 4.87. The van der Waals surface area contributed by atoms with Gasteiger partial charge in [-0.25, -0.2) is 9.97 Å². The first-order valence-electron chi connectivity index (χ1n) is 6.45. The zero-order valence-corrected chi connectivity index (χ0v) is 11.5. The van der Waals surface area contributed by atoms with E-state index in [4.69, 9.17) is 5.73 Å². The lowest BCUT2D eigenvalue weighted by molar-refractivity contribution is 0.322. The quantitative estimate of drug-likeness (QED) is 0.889. The third kappa shape index (κ3) is 4.34. The van der Waals surface area contributed by atoms with E-state index >= 15 is 0 Å². The Kier molecular flexibility index (Phi) is 4.47. The number of nitrogens with two attached hydrogens (primary N) is 1. The van der Waals surface area contributed by atoms with Crippen molar-refractivity contribution in [3.63, 3.8) is 0 Å². The van der Waals surface area contributed by atoms with Crippen LogP contribution in [0.4, 0.5) is 5.82 Å². The molecule has 4 heteroatoms. The molecule has 2 rings (SSSR count). The SMILES string of the molecule is Cc1ccc(CCN(C)Cc2nccc(N)n2)cc1. The highest BCUT2D eigenvalue weighted by Crippen LogP contribution is 2.06. The van der Waals surface area contributed by atoms with Crippen LogP contribution in [-0.2, 0) is 13.0 Å². The van der Waals surface area contributed by atoms with Gasteiger partial charge in [0.05, 0.1) is 6.54 Å². The first-order valence-corrected chi connectivity index (χ1v) is 6.45. The molecule has 0 aliphatic carbocycles. The van der Waals surface area contributed by atoms with Crippen molar-refractivity contribution < 1.29 is 0 Å². The Bertz CT molecular complexity index is 522. The fraction of sp³-hybridized carbons (Fsp3) is 0.333. The van der Waals surface area contributed by atoms with Crippen molar-refractivity contribution in [3.8, 4) is 0 Å². The molecule has 0 bridgehead atoms. The maximum Gasteiger partial charge on any atom is 0.144 e. The van der Waals surface area contributed by atoms with Crippen LogP contribution in [0.15, 0.2) is 36.5 Å². The van der Waals surface area contributed by atoms with E-state index < -0.39 is 0 Å². The maximum atomic E-state index is 5.64. The number of nitrogens with zero attached hydrogens (tertiary/aromatic N) is 3. The van der Waals surface area contributed by atoms with Crippen molar-refractivity contribution >= 4 is 5.82 Å². The van der Waals surface area contributed by atoms with E-state index in [2.05, 4.69) is 53.1 Å². The molecule has 2 aromatic rings. The van der Waals surface area contributed by atoms with Gasteiger partial charge in [0.2, 0.25) is 0 Å². The van der Waals surface area contributed by atoms with Crippen LogP contribution in [0.3, 0.4) is 0 Å². The molecule has 0 spiro atoms. The largest absolute Gasteiger partial charge is 0.384 e. The molecule has 0 aliphatic rings. The second kappa shape index (κ2) is 6.29. The monoisotopic (exact) mass is 256 g/mol. The molecule has 4 nitrogen and oxygen atoms in total. The van der Waals surface area contributed by atoms with Crippen LogP contribution in [0.2, 0.25) is 0 Å². The van der Waals surface area contributed by atoms with E-state index in [1.807, 2.05) is 0 Å². The van der Waals surface area contributed by atoms with Gasteiger partial charge in [0, 0.05) is 12.7 Å². The molecule has 0 saturated carbocycles. The first kappa shape index (κ1) is 13.5. The Morgan fingerprint density at radius 3 is 2.58 bits per heavy atom. The van der Waals surface area contributed by atoms with E-state index in [0.717, 1.165) is 25.3 Å². The molecule has 1 aromatic heterocycles. The van der Waals surface area contributed by atoms with Gasteiger partial charge in [-0.3, -0.25) is 4.90 Å². The minimum absolute atomic E-state index is 0.525. The molecular weight excluding hydrogens is 236 g/mol. The molecule has 2 N–H and O–H groups in total. The van der Waals surface area contributed by atoms with Crippen molar-refractivity contribution in [1.82, 2.24) is 14.9 Å². The van der Waals surface area contributed by atoms with Crippen LogP contribution in [0.5, 0.6) is 0 Å². The summed E-state index contributed by atoms with van der Waals surface area (Å²) in [5.41, 5.74) is 8.29. The molecule has 0 amide bonds. The highest BCUT2D eigenvalue weighted by molar-refractivity contribution is 5.25. The number of aromatic nitrogens is 2. The topological polar surface area (TPSA) is 55.0 Å². The fourth-order valence-corrected chi connectivity index (χ4v) is 1.89. The fourth-order valence-electron chi connectivity index (χ4n) is 1.89. The molecule has 0 aliphatic heterocycles. The molecule has 0 saturated heterocycles. The minimum atomic E-state index is 0.525. The molecule has 0 unspecified atom stereocenters. The Morgan fingerprint density at radius 2 is 1.89 bits per heavy atom. The van der Waals surface area contributed by atoms with E-state index in [9.17, 15) is 0 Å². The molecule has 0 radical (unpaired) electrons. The van der Waals surface area contributed by atoms with Crippen LogP contribution < -0.4 is 5.73 Å². The molecular formula is C15H20N4. The molecule has 100 valence electrons. The minimum Gasteiger partial charge on any atom is -0.384 e. The van der Waals surface area contributed by atoms with Crippen LogP contribution >= 0.6 is 0 Å². The van der Waals surface area contributed by atoms with E-state index in [-0.39, 0.29) is 0 Å². The lowest BCUT2D eigenvalue weighted by atomic mass is 10.1. The molecule has 1 heterocycles. The van der Waals surface area contributed by atoms with E-state index in [0.29, 0.717) is 5.82 Å². The van der Waals surface area contributed by atoms with Gasteiger partial charge in [0.1, 0.15) is 11.6 Å². The van der Waals surface area contributed by atoms with Crippen molar-refractivity contribution in [1.29, 1.82) is 0 Å². The van der Waals surface area contributed by atoms with Gasteiger partial charge in [-0.1, -0.05) is 29.8 Å². The van der Waals surface area contributed by atoms with Crippen LogP contribution in [0.1, 0.15) is 17.0 Å². The van der Waals surface area contributed by atoms with Crippen molar-refractivity contribution in [2.45, 2.75) is 19.9 Å². The summed E-state index contributed by atoms with van der Waals surface area (Å²) in [4.78, 5) is 10.6. The van der Waals surface area contributed by atoms with Crippen molar-refractivity contribution in [2.75, 3.05) is 19.3 Å². The third-order valence-electron chi connectivity index (χ3n) is 3.04. The standard InChI is InChI=1S/C15H20N4/c1-12-3-5-13(6-4-12)8-10-19(2)11-15-17-9-7-14(16)18-15/h3-7,9H,8,10-11H2,1-2H3,(H2,16,17,18). The van der Waals surface area contributed by atoms with Crippen LogP contribution in [0, 0.1) is 6.92 Å². The highest BCUT2D eigenvalue weighted by Gasteiger charge is 2.03.